The Balaban J connectivity index is 1.27. The molecule has 0 fully saturated rings. The van der Waals surface area contributed by atoms with Gasteiger partial charge in [-0.2, -0.15) is 0 Å². The topological polar surface area (TPSA) is 7.65 Å². The van der Waals surface area contributed by atoms with Crippen molar-refractivity contribution in [3.8, 4) is 33.5 Å². The first-order chi connectivity index (χ1) is 21.8. The highest BCUT2D eigenvalue weighted by atomic mass is 15.1. The molecule has 8 aromatic rings. The SMILES string of the molecule is c1ccc(-c2ccc(N(c3ccc(-c4c(-c5ccccc5)cc5ccccn45)cc3)c3cccc4ccccc34)cc2)cc1. The molecule has 2 aromatic heterocycles. The quantitative estimate of drug-likeness (QED) is 0.196. The highest BCUT2D eigenvalue weighted by Gasteiger charge is 2.18. The Kier molecular flexibility index (Phi) is 6.51. The van der Waals surface area contributed by atoms with Crippen LogP contribution in [0.5, 0.6) is 0 Å². The van der Waals surface area contributed by atoms with Gasteiger partial charge in [-0.25, -0.2) is 0 Å². The van der Waals surface area contributed by atoms with Gasteiger partial charge in [0, 0.05) is 34.0 Å². The number of benzene rings is 6. The minimum atomic E-state index is 1.11. The normalized spacial score (nSPS) is 11.2. The molecule has 0 saturated carbocycles. The van der Waals surface area contributed by atoms with Crippen LogP contribution in [0.2, 0.25) is 0 Å². The smallest absolute Gasteiger partial charge is 0.0607 e. The summed E-state index contributed by atoms with van der Waals surface area (Å²) in [5, 5.41) is 2.44. The zero-order valence-electron chi connectivity index (χ0n) is 24.2. The average molecular weight is 563 g/mol. The summed E-state index contributed by atoms with van der Waals surface area (Å²) in [4.78, 5) is 2.37. The molecule has 0 saturated heterocycles. The Hall–Kier alpha value is -5.86. The standard InChI is InChI=1S/C42H30N2/c1-3-12-31(13-4-1)32-21-25-36(26-22-32)44(41-20-11-17-33-16-7-8-19-39(33)41)37-27-23-35(24-28-37)42-40(34-14-5-2-6-15-34)30-38-18-9-10-29-43(38)42/h1-30H. The van der Waals surface area contributed by atoms with Crippen LogP contribution >= 0.6 is 0 Å². The van der Waals surface area contributed by atoms with E-state index in [0.29, 0.717) is 0 Å². The van der Waals surface area contributed by atoms with E-state index >= 15 is 0 Å². The number of hydrogen-bond donors (Lipinski definition) is 0. The molecule has 208 valence electrons. The number of aromatic nitrogens is 1. The molecule has 0 radical (unpaired) electrons. The molecule has 0 spiro atoms. The average Bonchev–Trinajstić information content (AvgIpc) is 3.50. The predicted molar refractivity (Wildman–Crippen MR) is 186 cm³/mol. The van der Waals surface area contributed by atoms with Gasteiger partial charge < -0.3 is 9.30 Å². The molecule has 44 heavy (non-hydrogen) atoms. The highest BCUT2D eigenvalue weighted by Crippen LogP contribution is 2.41. The van der Waals surface area contributed by atoms with E-state index in [2.05, 4.69) is 191 Å². The van der Waals surface area contributed by atoms with Gasteiger partial charge in [-0.1, -0.05) is 127 Å². The first-order valence-corrected chi connectivity index (χ1v) is 15.0. The fraction of sp³-hybridized carbons (Fsp3) is 0. The lowest BCUT2D eigenvalue weighted by Gasteiger charge is -2.27. The van der Waals surface area contributed by atoms with Crippen LogP contribution in [-0.4, -0.2) is 4.40 Å². The van der Waals surface area contributed by atoms with E-state index in [4.69, 9.17) is 0 Å². The summed E-state index contributed by atoms with van der Waals surface area (Å²) in [5.74, 6) is 0. The molecule has 6 aromatic carbocycles. The van der Waals surface area contributed by atoms with Gasteiger partial charge in [-0.3, -0.25) is 0 Å². The van der Waals surface area contributed by atoms with Crippen molar-refractivity contribution < 1.29 is 0 Å². The molecule has 0 aliphatic rings. The maximum atomic E-state index is 2.37. The molecular formula is C42H30N2. The number of fused-ring (bicyclic) bond motifs is 2. The molecule has 0 N–H and O–H groups in total. The summed E-state index contributed by atoms with van der Waals surface area (Å²) in [6, 6.07) is 62.9. The fourth-order valence-electron chi connectivity index (χ4n) is 6.29. The highest BCUT2D eigenvalue weighted by molar-refractivity contribution is 5.99. The number of anilines is 3. The van der Waals surface area contributed by atoms with E-state index in [9.17, 15) is 0 Å². The largest absolute Gasteiger partial charge is 0.316 e. The van der Waals surface area contributed by atoms with Crippen molar-refractivity contribution in [2.45, 2.75) is 0 Å². The summed E-state index contributed by atoms with van der Waals surface area (Å²) in [5.41, 5.74) is 11.8. The third kappa shape index (κ3) is 4.63. The van der Waals surface area contributed by atoms with Gasteiger partial charge in [0.15, 0.2) is 0 Å². The number of hydrogen-bond acceptors (Lipinski definition) is 1. The molecule has 2 heteroatoms. The summed E-state index contributed by atoms with van der Waals surface area (Å²) >= 11 is 0. The lowest BCUT2D eigenvalue weighted by molar-refractivity contribution is 1.20. The molecule has 0 unspecified atom stereocenters. The molecule has 0 bridgehead atoms. The van der Waals surface area contributed by atoms with Gasteiger partial charge in [-0.15, -0.1) is 0 Å². The summed E-state index contributed by atoms with van der Waals surface area (Å²) < 4.78 is 2.29. The van der Waals surface area contributed by atoms with Crippen LogP contribution < -0.4 is 4.90 Å². The maximum Gasteiger partial charge on any atom is 0.0607 e. The first-order valence-electron chi connectivity index (χ1n) is 15.0. The van der Waals surface area contributed by atoms with Crippen molar-refractivity contribution in [2.24, 2.45) is 0 Å². The molecule has 0 aliphatic heterocycles. The van der Waals surface area contributed by atoms with Crippen LogP contribution in [0.15, 0.2) is 182 Å². The van der Waals surface area contributed by atoms with Crippen molar-refractivity contribution in [1.82, 2.24) is 4.40 Å². The van der Waals surface area contributed by atoms with Gasteiger partial charge >= 0.3 is 0 Å². The van der Waals surface area contributed by atoms with Crippen LogP contribution in [0.3, 0.4) is 0 Å². The Morgan fingerprint density at radius 3 is 1.70 bits per heavy atom. The van der Waals surface area contributed by atoms with Crippen LogP contribution in [0.25, 0.3) is 49.8 Å². The van der Waals surface area contributed by atoms with Gasteiger partial charge in [-0.05, 0) is 76.2 Å². The third-order valence-electron chi connectivity index (χ3n) is 8.40. The van der Waals surface area contributed by atoms with Crippen molar-refractivity contribution >= 4 is 33.4 Å². The second-order valence-corrected chi connectivity index (χ2v) is 11.1. The molecule has 0 amide bonds. The number of pyridine rings is 1. The number of nitrogens with zero attached hydrogens (tertiary/aromatic N) is 2. The van der Waals surface area contributed by atoms with Crippen molar-refractivity contribution in [2.75, 3.05) is 4.90 Å². The van der Waals surface area contributed by atoms with Crippen LogP contribution in [0.1, 0.15) is 0 Å². The molecule has 0 atom stereocenters. The number of rotatable bonds is 6. The molecular weight excluding hydrogens is 532 g/mol. The van der Waals surface area contributed by atoms with Gasteiger partial charge in [0.2, 0.25) is 0 Å². The Morgan fingerprint density at radius 1 is 0.409 bits per heavy atom. The predicted octanol–water partition coefficient (Wildman–Crippen LogP) is 11.6. The second-order valence-electron chi connectivity index (χ2n) is 11.1. The zero-order chi connectivity index (χ0) is 29.3. The van der Waals surface area contributed by atoms with Gasteiger partial charge in [0.05, 0.1) is 11.4 Å². The monoisotopic (exact) mass is 562 g/mol. The summed E-state index contributed by atoms with van der Waals surface area (Å²) in [6.45, 7) is 0. The Labute approximate surface area is 257 Å². The summed E-state index contributed by atoms with van der Waals surface area (Å²) in [7, 11) is 0. The van der Waals surface area contributed by atoms with E-state index in [0.717, 1.165) is 17.1 Å². The molecule has 8 rings (SSSR count). The fourth-order valence-corrected chi connectivity index (χ4v) is 6.29. The van der Waals surface area contributed by atoms with Gasteiger partial charge in [0.1, 0.15) is 0 Å². The van der Waals surface area contributed by atoms with E-state index < -0.39 is 0 Å². The lowest BCUT2D eigenvalue weighted by Crippen LogP contribution is -2.10. The van der Waals surface area contributed by atoms with Crippen LogP contribution in [0, 0.1) is 0 Å². The van der Waals surface area contributed by atoms with Crippen LogP contribution in [-0.2, 0) is 0 Å². The minimum Gasteiger partial charge on any atom is -0.316 e. The zero-order valence-corrected chi connectivity index (χ0v) is 24.2. The van der Waals surface area contributed by atoms with E-state index in [1.165, 1.54) is 49.8 Å². The van der Waals surface area contributed by atoms with E-state index in [1.807, 2.05) is 0 Å². The van der Waals surface area contributed by atoms with Crippen molar-refractivity contribution in [1.29, 1.82) is 0 Å². The second kappa shape index (κ2) is 11.1. The van der Waals surface area contributed by atoms with E-state index in [-0.39, 0.29) is 0 Å². The minimum absolute atomic E-state index is 1.11. The molecule has 2 heterocycles. The van der Waals surface area contributed by atoms with Crippen molar-refractivity contribution in [3.05, 3.63) is 182 Å². The van der Waals surface area contributed by atoms with Crippen LogP contribution in [0.4, 0.5) is 17.1 Å². The Morgan fingerprint density at radius 2 is 0.977 bits per heavy atom. The molecule has 2 nitrogen and oxygen atoms in total. The maximum absolute atomic E-state index is 2.37. The van der Waals surface area contributed by atoms with E-state index in [1.54, 1.807) is 0 Å². The van der Waals surface area contributed by atoms with Gasteiger partial charge in [0.25, 0.3) is 0 Å². The van der Waals surface area contributed by atoms with Crippen molar-refractivity contribution in [3.63, 3.8) is 0 Å². The Bertz CT molecular complexity index is 2190. The third-order valence-corrected chi connectivity index (χ3v) is 8.40. The molecule has 0 aliphatic carbocycles. The summed E-state index contributed by atoms with van der Waals surface area (Å²) in [6.07, 6.45) is 2.15. The first kappa shape index (κ1) is 25.8. The lowest BCUT2D eigenvalue weighted by atomic mass is 10.0.